The molecule has 9 rings (SSSR count). The van der Waals surface area contributed by atoms with Gasteiger partial charge in [0.25, 0.3) is 0 Å². The van der Waals surface area contributed by atoms with Crippen molar-refractivity contribution in [3.63, 3.8) is 0 Å². The van der Waals surface area contributed by atoms with Crippen molar-refractivity contribution in [1.82, 2.24) is 9.97 Å². The summed E-state index contributed by atoms with van der Waals surface area (Å²) in [6.07, 6.45) is 0. The van der Waals surface area contributed by atoms with E-state index in [0.717, 1.165) is 72.4 Å². The lowest BCUT2D eigenvalue weighted by molar-refractivity contribution is 0.477. The number of hydrogen-bond acceptors (Lipinski definition) is 6. The molecule has 0 unspecified atom stereocenters. The molecule has 0 amide bonds. The van der Waals surface area contributed by atoms with E-state index in [1.165, 1.54) is 0 Å². The van der Waals surface area contributed by atoms with Gasteiger partial charge in [0, 0.05) is 21.9 Å². The first-order chi connectivity index (χ1) is 21.7. The van der Waals surface area contributed by atoms with E-state index >= 15 is 0 Å². The predicted molar refractivity (Wildman–Crippen MR) is 171 cm³/mol. The smallest absolute Gasteiger partial charge is 0.177 e. The molecule has 0 fully saturated rings. The number of benzene rings is 6. The second-order valence-corrected chi connectivity index (χ2v) is 10.8. The minimum atomic E-state index is 0.0455. The summed E-state index contributed by atoms with van der Waals surface area (Å²) in [6.45, 7) is 0. The molecule has 202 valence electrons. The van der Waals surface area contributed by atoms with Gasteiger partial charge in [-0.25, -0.2) is 9.97 Å². The topological polar surface area (TPSA) is 85.8 Å². The number of ether oxygens (including phenoxy) is 1. The van der Waals surface area contributed by atoms with Gasteiger partial charge in [0.15, 0.2) is 22.9 Å². The van der Waals surface area contributed by atoms with E-state index in [2.05, 4.69) is 81.6 Å². The number of nitriles is 2. The third kappa shape index (κ3) is 3.22. The van der Waals surface area contributed by atoms with Crippen LogP contribution in [0.25, 0.3) is 55.2 Å². The van der Waals surface area contributed by atoms with Crippen molar-refractivity contribution in [2.45, 2.75) is 0 Å². The fourth-order valence-electron chi connectivity index (χ4n) is 6.68. The average Bonchev–Trinajstić information content (AvgIpc) is 3.40. The Labute approximate surface area is 252 Å². The Balaban J connectivity index is 1.28. The minimum absolute atomic E-state index is 0.0455. The van der Waals surface area contributed by atoms with Crippen LogP contribution >= 0.6 is 0 Å². The summed E-state index contributed by atoms with van der Waals surface area (Å²) in [6, 6.07) is 43.5. The number of aromatic nitrogens is 2. The van der Waals surface area contributed by atoms with Crippen LogP contribution in [0.5, 0.6) is 11.5 Å². The van der Waals surface area contributed by atoms with Crippen LogP contribution in [0.15, 0.2) is 115 Å². The molecule has 1 aliphatic carbocycles. The van der Waals surface area contributed by atoms with Crippen LogP contribution in [0.4, 0.5) is 17.1 Å². The molecule has 0 saturated carbocycles. The standard InChI is InChI=1S/C38H19N5O/c39-20-29-30(21-40)42-38-28-17-16-24(26-10-7-11-27(36(26)28)37(38)41-29)23-18-19-31(25-9-2-1-8-22(23)25)43-32-12-3-5-14-34(32)44-35-15-6-4-13-33(35)43/h1-19H. The Morgan fingerprint density at radius 1 is 0.477 bits per heavy atom. The summed E-state index contributed by atoms with van der Waals surface area (Å²) in [5.41, 5.74) is 8.45. The number of fused-ring (bicyclic) bond motifs is 6. The van der Waals surface area contributed by atoms with Crippen LogP contribution in [0.1, 0.15) is 11.4 Å². The van der Waals surface area contributed by atoms with Gasteiger partial charge in [-0.1, -0.05) is 84.9 Å². The highest BCUT2D eigenvalue weighted by Crippen LogP contribution is 2.53. The maximum atomic E-state index is 9.60. The number of nitrogens with zero attached hydrogens (tertiary/aromatic N) is 5. The highest BCUT2D eigenvalue weighted by molar-refractivity contribution is 6.19. The Bertz CT molecular complexity index is 2380. The Kier molecular flexibility index (Phi) is 4.93. The van der Waals surface area contributed by atoms with Crippen LogP contribution in [-0.4, -0.2) is 9.97 Å². The summed E-state index contributed by atoms with van der Waals surface area (Å²) in [5.74, 6) is 1.63. The van der Waals surface area contributed by atoms with E-state index in [1.807, 2.05) is 60.7 Å². The van der Waals surface area contributed by atoms with Crippen LogP contribution in [0.3, 0.4) is 0 Å². The fraction of sp³-hybridized carbons (Fsp3) is 0. The molecule has 7 aromatic rings. The first kappa shape index (κ1) is 24.1. The molecule has 1 aliphatic heterocycles. The zero-order valence-electron chi connectivity index (χ0n) is 23.1. The number of anilines is 3. The van der Waals surface area contributed by atoms with E-state index < -0.39 is 0 Å². The second-order valence-electron chi connectivity index (χ2n) is 10.8. The quantitative estimate of drug-likeness (QED) is 0.209. The van der Waals surface area contributed by atoms with Crippen molar-refractivity contribution in [3.8, 4) is 57.3 Å². The molecule has 1 aromatic heterocycles. The summed E-state index contributed by atoms with van der Waals surface area (Å²) >= 11 is 0. The third-order valence-electron chi connectivity index (χ3n) is 8.52. The summed E-state index contributed by atoms with van der Waals surface area (Å²) in [4.78, 5) is 11.4. The van der Waals surface area contributed by atoms with Crippen molar-refractivity contribution < 1.29 is 4.74 Å². The molecule has 6 aromatic carbocycles. The van der Waals surface area contributed by atoms with Crippen molar-refractivity contribution in [2.24, 2.45) is 0 Å². The molecule has 0 spiro atoms. The molecular formula is C38H19N5O. The predicted octanol–water partition coefficient (Wildman–Crippen LogP) is 9.42. The van der Waals surface area contributed by atoms with Gasteiger partial charge >= 0.3 is 0 Å². The normalized spacial score (nSPS) is 12.2. The lowest BCUT2D eigenvalue weighted by atomic mass is 9.91. The molecule has 6 heteroatoms. The minimum Gasteiger partial charge on any atom is -0.453 e. The van der Waals surface area contributed by atoms with Gasteiger partial charge < -0.3 is 9.64 Å². The van der Waals surface area contributed by atoms with Crippen LogP contribution in [-0.2, 0) is 0 Å². The molecule has 0 N–H and O–H groups in total. The SMILES string of the molecule is N#Cc1nc2c(nc1C#N)-c1ccc(-c3ccc(N4c5ccccc5Oc5ccccc54)c4ccccc34)c3cccc-2c13. The first-order valence-corrected chi connectivity index (χ1v) is 14.2. The van der Waals surface area contributed by atoms with Gasteiger partial charge in [-0.3, -0.25) is 0 Å². The fourth-order valence-corrected chi connectivity index (χ4v) is 6.68. The Morgan fingerprint density at radius 2 is 1.00 bits per heavy atom. The van der Waals surface area contributed by atoms with Crippen molar-refractivity contribution in [2.75, 3.05) is 4.90 Å². The molecule has 6 nitrogen and oxygen atoms in total. The molecule has 0 radical (unpaired) electrons. The van der Waals surface area contributed by atoms with Gasteiger partial charge in [-0.15, -0.1) is 0 Å². The first-order valence-electron chi connectivity index (χ1n) is 14.2. The van der Waals surface area contributed by atoms with E-state index in [0.29, 0.717) is 11.4 Å². The molecule has 0 bridgehead atoms. The Morgan fingerprint density at radius 3 is 1.68 bits per heavy atom. The lowest BCUT2D eigenvalue weighted by Gasteiger charge is -2.33. The largest absolute Gasteiger partial charge is 0.453 e. The van der Waals surface area contributed by atoms with Gasteiger partial charge in [0.2, 0.25) is 0 Å². The monoisotopic (exact) mass is 561 g/mol. The highest BCUT2D eigenvalue weighted by atomic mass is 16.5. The van der Waals surface area contributed by atoms with Crippen LogP contribution in [0.2, 0.25) is 0 Å². The van der Waals surface area contributed by atoms with E-state index in [9.17, 15) is 10.5 Å². The van der Waals surface area contributed by atoms with Gasteiger partial charge in [-0.2, -0.15) is 10.5 Å². The molecule has 2 aliphatic rings. The Hall–Kier alpha value is -6.50. The van der Waals surface area contributed by atoms with E-state index in [-0.39, 0.29) is 11.4 Å². The van der Waals surface area contributed by atoms with Gasteiger partial charge in [0.05, 0.1) is 28.5 Å². The lowest BCUT2D eigenvalue weighted by Crippen LogP contribution is -2.16. The number of para-hydroxylation sites is 4. The zero-order valence-corrected chi connectivity index (χ0v) is 23.1. The molecular weight excluding hydrogens is 542 g/mol. The number of rotatable bonds is 2. The maximum absolute atomic E-state index is 9.60. The molecule has 2 heterocycles. The van der Waals surface area contributed by atoms with Gasteiger partial charge in [-0.05, 0) is 52.2 Å². The van der Waals surface area contributed by atoms with Crippen LogP contribution < -0.4 is 9.64 Å². The summed E-state index contributed by atoms with van der Waals surface area (Å²) < 4.78 is 6.28. The van der Waals surface area contributed by atoms with Crippen molar-refractivity contribution in [1.29, 1.82) is 10.5 Å². The van der Waals surface area contributed by atoms with Crippen molar-refractivity contribution >= 4 is 38.6 Å². The average molecular weight is 562 g/mol. The van der Waals surface area contributed by atoms with Crippen LogP contribution in [0, 0.1) is 22.7 Å². The zero-order chi connectivity index (χ0) is 29.4. The second kappa shape index (κ2) is 9.00. The third-order valence-corrected chi connectivity index (χ3v) is 8.52. The summed E-state index contributed by atoms with van der Waals surface area (Å²) in [5, 5.41) is 23.5. The van der Waals surface area contributed by atoms with Gasteiger partial charge in [0.1, 0.15) is 12.1 Å². The molecule has 0 atom stereocenters. The van der Waals surface area contributed by atoms with E-state index in [4.69, 9.17) is 4.74 Å². The van der Waals surface area contributed by atoms with Crippen molar-refractivity contribution in [3.05, 3.63) is 127 Å². The summed E-state index contributed by atoms with van der Waals surface area (Å²) in [7, 11) is 0. The highest BCUT2D eigenvalue weighted by Gasteiger charge is 2.29. The molecule has 0 saturated heterocycles. The number of hydrogen-bond donors (Lipinski definition) is 0. The van der Waals surface area contributed by atoms with E-state index in [1.54, 1.807) is 0 Å². The molecule has 44 heavy (non-hydrogen) atoms. The maximum Gasteiger partial charge on any atom is 0.177 e.